The van der Waals surface area contributed by atoms with Crippen molar-refractivity contribution in [1.29, 1.82) is 0 Å². The van der Waals surface area contributed by atoms with Crippen LogP contribution in [0.4, 0.5) is 0 Å². The number of rotatable bonds is 7. The molecular formula is C11H16ClNO3S. The molecule has 1 N–H and O–H groups in total. The third-order valence-electron chi connectivity index (χ3n) is 2.07. The predicted molar refractivity (Wildman–Crippen MR) is 68.6 cm³/mol. The van der Waals surface area contributed by atoms with Crippen LogP contribution in [0.3, 0.4) is 0 Å². The summed E-state index contributed by atoms with van der Waals surface area (Å²) in [6.45, 7) is 0.486. The lowest BCUT2D eigenvalue weighted by Crippen LogP contribution is -2.32. The summed E-state index contributed by atoms with van der Waals surface area (Å²) < 4.78 is 30.7. The summed E-state index contributed by atoms with van der Waals surface area (Å²) in [4.78, 5) is 0. The Bertz CT molecular complexity index is 422. The van der Waals surface area contributed by atoms with Gasteiger partial charge in [0.05, 0.1) is 17.7 Å². The lowest BCUT2D eigenvalue weighted by molar-refractivity contribution is 0.198. The largest absolute Gasteiger partial charge is 0.383 e. The molecule has 17 heavy (non-hydrogen) atoms. The number of nitrogens with one attached hydrogen (secondary N) is 1. The van der Waals surface area contributed by atoms with Gasteiger partial charge in [0.25, 0.3) is 0 Å². The second-order valence-electron chi connectivity index (χ2n) is 3.65. The Labute approximate surface area is 107 Å². The van der Waals surface area contributed by atoms with E-state index in [-0.39, 0.29) is 17.7 Å². The Morgan fingerprint density at radius 2 is 2.00 bits per heavy atom. The van der Waals surface area contributed by atoms with Gasteiger partial charge >= 0.3 is 0 Å². The number of benzene rings is 1. The maximum absolute atomic E-state index is 11.7. The first-order valence-electron chi connectivity index (χ1n) is 5.18. The first kappa shape index (κ1) is 14.4. The van der Waals surface area contributed by atoms with Crippen LogP contribution < -0.4 is 4.72 Å². The molecule has 0 saturated carbocycles. The number of halogens is 1. The third kappa shape index (κ3) is 6.02. The zero-order valence-electron chi connectivity index (χ0n) is 9.60. The van der Waals surface area contributed by atoms with Crippen molar-refractivity contribution in [2.45, 2.75) is 11.1 Å². The lowest BCUT2D eigenvalue weighted by atomic mass is 10.2. The van der Waals surface area contributed by atoms with Crippen molar-refractivity contribution < 1.29 is 13.2 Å². The van der Waals surface area contributed by atoms with E-state index in [1.165, 1.54) is 7.11 Å². The van der Waals surface area contributed by atoms with Crippen molar-refractivity contribution in [2.75, 3.05) is 20.3 Å². The zero-order chi connectivity index (χ0) is 12.7. The van der Waals surface area contributed by atoms with E-state index in [0.717, 1.165) is 5.56 Å². The van der Waals surface area contributed by atoms with Crippen molar-refractivity contribution >= 4 is 21.6 Å². The van der Waals surface area contributed by atoms with Crippen molar-refractivity contribution in [1.82, 2.24) is 4.72 Å². The number of methoxy groups -OCH3 is 1. The smallest absolute Gasteiger partial charge is 0.215 e. The summed E-state index contributed by atoms with van der Waals surface area (Å²) in [6, 6.07) is 9.00. The summed E-state index contributed by atoms with van der Waals surface area (Å²) in [7, 11) is -1.82. The van der Waals surface area contributed by atoms with E-state index < -0.39 is 10.0 Å². The molecule has 0 spiro atoms. The molecule has 0 radical (unpaired) electrons. The SMILES string of the molecule is COCC(Cl)CNS(=O)(=O)Cc1ccccc1. The van der Waals surface area contributed by atoms with Crippen LogP contribution in [0.2, 0.25) is 0 Å². The molecule has 1 rings (SSSR count). The van der Waals surface area contributed by atoms with Crippen LogP contribution in [0.1, 0.15) is 5.56 Å². The Hall–Kier alpha value is -0.620. The van der Waals surface area contributed by atoms with Gasteiger partial charge in [0.15, 0.2) is 0 Å². The Balaban J connectivity index is 2.47. The molecule has 0 amide bonds. The van der Waals surface area contributed by atoms with Crippen molar-refractivity contribution in [3.8, 4) is 0 Å². The molecule has 0 aliphatic carbocycles. The molecule has 0 aliphatic heterocycles. The molecule has 0 bridgehead atoms. The fraction of sp³-hybridized carbons (Fsp3) is 0.455. The number of hydrogen-bond acceptors (Lipinski definition) is 3. The van der Waals surface area contributed by atoms with Gasteiger partial charge < -0.3 is 4.74 Å². The maximum Gasteiger partial charge on any atom is 0.215 e. The highest BCUT2D eigenvalue weighted by atomic mass is 35.5. The van der Waals surface area contributed by atoms with Crippen molar-refractivity contribution in [3.63, 3.8) is 0 Å². The zero-order valence-corrected chi connectivity index (χ0v) is 11.2. The summed E-state index contributed by atoms with van der Waals surface area (Å²) in [5, 5.41) is -0.356. The van der Waals surface area contributed by atoms with E-state index >= 15 is 0 Å². The van der Waals surface area contributed by atoms with E-state index in [2.05, 4.69) is 4.72 Å². The van der Waals surface area contributed by atoms with Crippen LogP contribution in [0, 0.1) is 0 Å². The Morgan fingerprint density at radius 1 is 1.35 bits per heavy atom. The normalized spacial score (nSPS) is 13.5. The molecule has 1 unspecified atom stereocenters. The van der Waals surface area contributed by atoms with E-state index in [1.807, 2.05) is 6.07 Å². The van der Waals surface area contributed by atoms with Crippen molar-refractivity contribution in [3.05, 3.63) is 35.9 Å². The molecule has 0 fully saturated rings. The van der Waals surface area contributed by atoms with Gasteiger partial charge in [-0.15, -0.1) is 11.6 Å². The topological polar surface area (TPSA) is 55.4 Å². The molecule has 6 heteroatoms. The minimum absolute atomic E-state index is 0.0373. The lowest BCUT2D eigenvalue weighted by Gasteiger charge is -2.10. The molecule has 1 aromatic carbocycles. The first-order chi connectivity index (χ1) is 8.03. The van der Waals surface area contributed by atoms with Gasteiger partial charge in [-0.2, -0.15) is 0 Å². The summed E-state index contributed by atoms with van der Waals surface area (Å²) >= 11 is 5.84. The highest BCUT2D eigenvalue weighted by molar-refractivity contribution is 7.88. The summed E-state index contributed by atoms with van der Waals surface area (Å²) in [6.07, 6.45) is 0. The minimum Gasteiger partial charge on any atom is -0.383 e. The second kappa shape index (κ2) is 6.96. The standard InChI is InChI=1S/C11H16ClNO3S/c1-16-8-11(12)7-13-17(14,15)9-10-5-3-2-4-6-10/h2-6,11,13H,7-9H2,1H3. The van der Waals surface area contributed by atoms with E-state index in [1.54, 1.807) is 24.3 Å². The van der Waals surface area contributed by atoms with Gasteiger partial charge in [0.1, 0.15) is 0 Å². The van der Waals surface area contributed by atoms with Gasteiger partial charge in [-0.1, -0.05) is 30.3 Å². The van der Waals surface area contributed by atoms with E-state index in [4.69, 9.17) is 16.3 Å². The van der Waals surface area contributed by atoms with Crippen LogP contribution in [0.25, 0.3) is 0 Å². The number of ether oxygens (including phenoxy) is 1. The third-order valence-corrected chi connectivity index (χ3v) is 3.67. The minimum atomic E-state index is -3.34. The van der Waals surface area contributed by atoms with Gasteiger partial charge in [0.2, 0.25) is 10.0 Å². The van der Waals surface area contributed by atoms with Crippen LogP contribution >= 0.6 is 11.6 Å². The quantitative estimate of drug-likeness (QED) is 0.766. The van der Waals surface area contributed by atoms with Crippen molar-refractivity contribution in [2.24, 2.45) is 0 Å². The van der Waals surface area contributed by atoms with Crippen LogP contribution in [-0.2, 0) is 20.5 Å². The molecule has 96 valence electrons. The predicted octanol–water partition coefficient (Wildman–Crippen LogP) is 1.36. The monoisotopic (exact) mass is 277 g/mol. The highest BCUT2D eigenvalue weighted by Gasteiger charge is 2.13. The first-order valence-corrected chi connectivity index (χ1v) is 7.26. The number of alkyl halides is 1. The molecule has 1 atom stereocenters. The molecule has 0 heterocycles. The molecule has 0 aliphatic rings. The summed E-state index contributed by atoms with van der Waals surface area (Å²) in [5.41, 5.74) is 0.748. The second-order valence-corrected chi connectivity index (χ2v) is 6.07. The molecule has 1 aromatic rings. The fourth-order valence-electron chi connectivity index (χ4n) is 1.30. The summed E-state index contributed by atoms with van der Waals surface area (Å²) in [5.74, 6) is -0.0373. The Morgan fingerprint density at radius 3 is 2.59 bits per heavy atom. The van der Waals surface area contributed by atoms with Crippen LogP contribution in [-0.4, -0.2) is 34.1 Å². The average Bonchev–Trinajstić information content (AvgIpc) is 2.28. The molecule has 0 saturated heterocycles. The molecular weight excluding hydrogens is 262 g/mol. The van der Waals surface area contributed by atoms with Gasteiger partial charge in [-0.05, 0) is 5.56 Å². The Kier molecular flexibility index (Phi) is 5.91. The van der Waals surface area contributed by atoms with Gasteiger partial charge in [-0.25, -0.2) is 13.1 Å². The van der Waals surface area contributed by atoms with Gasteiger partial charge in [-0.3, -0.25) is 0 Å². The van der Waals surface area contributed by atoms with Gasteiger partial charge in [0, 0.05) is 13.7 Å². The van der Waals surface area contributed by atoms with Crippen LogP contribution in [0.15, 0.2) is 30.3 Å². The molecule has 4 nitrogen and oxygen atoms in total. The average molecular weight is 278 g/mol. The highest BCUT2D eigenvalue weighted by Crippen LogP contribution is 2.04. The fourth-order valence-corrected chi connectivity index (χ4v) is 2.78. The number of hydrogen-bond donors (Lipinski definition) is 1. The van der Waals surface area contributed by atoms with E-state index in [0.29, 0.717) is 6.61 Å². The maximum atomic E-state index is 11.7. The van der Waals surface area contributed by atoms with E-state index in [9.17, 15) is 8.42 Å². The van der Waals surface area contributed by atoms with Crippen LogP contribution in [0.5, 0.6) is 0 Å². The number of sulfonamides is 1. The molecule has 0 aromatic heterocycles.